The second kappa shape index (κ2) is 6.11. The number of benzene rings is 2. The molecule has 5 nitrogen and oxygen atoms in total. The first-order valence-corrected chi connectivity index (χ1v) is 6.62. The molecule has 0 aliphatic heterocycles. The zero-order chi connectivity index (χ0) is 15.6. The van der Waals surface area contributed by atoms with Gasteiger partial charge < -0.3 is 5.11 Å². The average molecular weight is 325 g/mol. The number of phenolic OH excluding ortho intramolecular Hbond substituents is 1. The minimum absolute atomic E-state index is 0.153. The monoisotopic (exact) mass is 324 g/mol. The van der Waals surface area contributed by atoms with Gasteiger partial charge in [0.2, 0.25) is 5.75 Å². The lowest BCUT2D eigenvalue weighted by atomic mass is 10.1. The van der Waals surface area contributed by atoms with Crippen molar-refractivity contribution in [2.45, 2.75) is 6.92 Å². The number of nitro benzene ring substituents is 1. The van der Waals surface area contributed by atoms with E-state index in [2.05, 4.69) is 4.99 Å². The van der Waals surface area contributed by atoms with Crippen molar-refractivity contribution < 1.29 is 10.0 Å². The maximum atomic E-state index is 10.9. The third kappa shape index (κ3) is 3.51. The van der Waals surface area contributed by atoms with Crippen LogP contribution in [0, 0.1) is 10.1 Å². The molecule has 0 saturated carbocycles. The van der Waals surface area contributed by atoms with Crippen molar-refractivity contribution in [1.82, 2.24) is 0 Å². The zero-order valence-electron chi connectivity index (χ0n) is 10.9. The van der Waals surface area contributed by atoms with E-state index in [1.165, 1.54) is 6.07 Å². The van der Waals surface area contributed by atoms with E-state index in [4.69, 9.17) is 23.2 Å². The van der Waals surface area contributed by atoms with Crippen LogP contribution in [0.1, 0.15) is 12.5 Å². The van der Waals surface area contributed by atoms with Crippen LogP contribution >= 0.6 is 23.2 Å². The number of nitrogens with zero attached hydrogens (tertiary/aromatic N) is 2. The Labute approximate surface area is 130 Å². The van der Waals surface area contributed by atoms with E-state index in [-0.39, 0.29) is 10.6 Å². The summed E-state index contributed by atoms with van der Waals surface area (Å²) in [7, 11) is 0. The first-order chi connectivity index (χ1) is 9.88. The first kappa shape index (κ1) is 15.3. The van der Waals surface area contributed by atoms with E-state index >= 15 is 0 Å². The number of hydrogen-bond acceptors (Lipinski definition) is 4. The van der Waals surface area contributed by atoms with Crippen molar-refractivity contribution in [3.8, 4) is 5.75 Å². The number of hydrogen-bond donors (Lipinski definition) is 1. The highest BCUT2D eigenvalue weighted by Gasteiger charge is 2.20. The van der Waals surface area contributed by atoms with Gasteiger partial charge in [-0.25, -0.2) is 0 Å². The predicted molar refractivity (Wildman–Crippen MR) is 83.1 cm³/mol. The van der Waals surface area contributed by atoms with Gasteiger partial charge in [-0.05, 0) is 37.3 Å². The van der Waals surface area contributed by atoms with Crippen LogP contribution in [-0.2, 0) is 0 Å². The van der Waals surface area contributed by atoms with Gasteiger partial charge in [0.05, 0.1) is 10.6 Å². The Bertz CT molecular complexity index is 728. The van der Waals surface area contributed by atoms with Crippen molar-refractivity contribution >= 4 is 40.3 Å². The molecule has 108 valence electrons. The number of aliphatic imine (C=N–C) groups is 1. The summed E-state index contributed by atoms with van der Waals surface area (Å²) in [6.45, 7) is 1.63. The summed E-state index contributed by atoms with van der Waals surface area (Å²) in [6, 6.07) is 9.26. The van der Waals surface area contributed by atoms with Gasteiger partial charge >= 0.3 is 5.69 Å². The summed E-state index contributed by atoms with van der Waals surface area (Å²) in [4.78, 5) is 14.5. The molecule has 21 heavy (non-hydrogen) atoms. The second-order valence-electron chi connectivity index (χ2n) is 4.25. The molecule has 0 aliphatic rings. The summed E-state index contributed by atoms with van der Waals surface area (Å²) in [5.74, 6) is -0.459. The van der Waals surface area contributed by atoms with Gasteiger partial charge in [0.1, 0.15) is 0 Å². The van der Waals surface area contributed by atoms with Crippen LogP contribution in [0.4, 0.5) is 11.4 Å². The Balaban J connectivity index is 2.50. The highest BCUT2D eigenvalue weighted by Crippen LogP contribution is 2.34. The van der Waals surface area contributed by atoms with Crippen LogP contribution in [0.25, 0.3) is 0 Å². The highest BCUT2D eigenvalue weighted by molar-refractivity contribution is 6.31. The molecule has 2 aromatic carbocycles. The van der Waals surface area contributed by atoms with Gasteiger partial charge in [-0.15, -0.1) is 0 Å². The standard InChI is InChI=1S/C14H10Cl2N2O3/c1-8(17-11-4-2-9(15)3-5-11)12-6-10(16)7-13(14(12)19)18(20)21/h2-7,19H,1H3. The van der Waals surface area contributed by atoms with E-state index in [1.54, 1.807) is 31.2 Å². The molecule has 0 fully saturated rings. The van der Waals surface area contributed by atoms with Crippen molar-refractivity contribution in [1.29, 1.82) is 0 Å². The smallest absolute Gasteiger partial charge is 0.312 e. The van der Waals surface area contributed by atoms with Crippen LogP contribution in [-0.4, -0.2) is 15.7 Å². The van der Waals surface area contributed by atoms with Crippen LogP contribution in [0.15, 0.2) is 41.4 Å². The molecule has 0 heterocycles. The van der Waals surface area contributed by atoms with Crippen LogP contribution in [0.2, 0.25) is 10.0 Å². The minimum Gasteiger partial charge on any atom is -0.502 e. The van der Waals surface area contributed by atoms with Crippen molar-refractivity contribution in [3.05, 3.63) is 62.1 Å². The molecule has 0 bridgehead atoms. The second-order valence-corrected chi connectivity index (χ2v) is 5.12. The van der Waals surface area contributed by atoms with Gasteiger partial charge in [-0.3, -0.25) is 15.1 Å². The Hall–Kier alpha value is -2.11. The number of phenols is 1. The molecule has 0 unspecified atom stereocenters. The molecular formula is C14H10Cl2N2O3. The van der Waals surface area contributed by atoms with Crippen LogP contribution in [0.5, 0.6) is 5.75 Å². The van der Waals surface area contributed by atoms with Crippen LogP contribution < -0.4 is 0 Å². The quantitative estimate of drug-likeness (QED) is 0.503. The van der Waals surface area contributed by atoms with Crippen molar-refractivity contribution in [3.63, 3.8) is 0 Å². The largest absolute Gasteiger partial charge is 0.502 e. The molecule has 0 atom stereocenters. The van der Waals surface area contributed by atoms with Gasteiger partial charge in [-0.2, -0.15) is 0 Å². The molecule has 0 aromatic heterocycles. The molecule has 1 N–H and O–H groups in total. The minimum atomic E-state index is -0.694. The predicted octanol–water partition coefficient (Wildman–Crippen LogP) is 4.75. The number of rotatable bonds is 3. The van der Waals surface area contributed by atoms with Gasteiger partial charge in [0, 0.05) is 27.4 Å². The molecule has 0 amide bonds. The van der Waals surface area contributed by atoms with Crippen molar-refractivity contribution in [2.75, 3.05) is 0 Å². The summed E-state index contributed by atoms with van der Waals surface area (Å²) >= 11 is 11.6. The summed E-state index contributed by atoms with van der Waals surface area (Å²) < 4.78 is 0. The third-order valence-electron chi connectivity index (χ3n) is 2.76. The average Bonchev–Trinajstić information content (AvgIpc) is 2.43. The topological polar surface area (TPSA) is 75.7 Å². The lowest BCUT2D eigenvalue weighted by Gasteiger charge is -2.06. The summed E-state index contributed by atoms with van der Waals surface area (Å²) in [5.41, 5.74) is 0.770. The normalized spacial score (nSPS) is 11.5. The molecule has 7 heteroatoms. The van der Waals surface area contributed by atoms with Gasteiger partial charge in [0.15, 0.2) is 0 Å². The molecule has 2 aromatic rings. The molecule has 0 radical (unpaired) electrons. The van der Waals surface area contributed by atoms with E-state index in [0.29, 0.717) is 16.4 Å². The number of aromatic hydroxyl groups is 1. The SMILES string of the molecule is CC(=Nc1ccc(Cl)cc1)c1cc(Cl)cc([N+](=O)[O-])c1O. The lowest BCUT2D eigenvalue weighted by molar-refractivity contribution is -0.385. The fourth-order valence-corrected chi connectivity index (χ4v) is 2.11. The zero-order valence-corrected chi connectivity index (χ0v) is 12.4. The van der Waals surface area contributed by atoms with E-state index in [9.17, 15) is 15.2 Å². The third-order valence-corrected chi connectivity index (χ3v) is 3.23. The van der Waals surface area contributed by atoms with Crippen molar-refractivity contribution in [2.24, 2.45) is 4.99 Å². The maximum absolute atomic E-state index is 10.9. The van der Waals surface area contributed by atoms with Crippen LogP contribution in [0.3, 0.4) is 0 Å². The Morgan fingerprint density at radius 2 is 1.81 bits per heavy atom. The van der Waals surface area contributed by atoms with Gasteiger partial charge in [0.25, 0.3) is 0 Å². The van der Waals surface area contributed by atoms with E-state index in [0.717, 1.165) is 6.07 Å². The molecule has 2 rings (SSSR count). The highest BCUT2D eigenvalue weighted by atomic mass is 35.5. The fraction of sp³-hybridized carbons (Fsp3) is 0.0714. The Kier molecular flexibility index (Phi) is 4.45. The Morgan fingerprint density at radius 1 is 1.19 bits per heavy atom. The first-order valence-electron chi connectivity index (χ1n) is 5.86. The number of nitro groups is 1. The molecular weight excluding hydrogens is 315 g/mol. The summed E-state index contributed by atoms with van der Waals surface area (Å²) in [5, 5.41) is 21.6. The molecule has 0 spiro atoms. The maximum Gasteiger partial charge on any atom is 0.312 e. The Morgan fingerprint density at radius 3 is 2.38 bits per heavy atom. The van der Waals surface area contributed by atoms with Gasteiger partial charge in [-0.1, -0.05) is 23.2 Å². The molecule has 0 saturated heterocycles. The van der Waals surface area contributed by atoms with E-state index < -0.39 is 16.4 Å². The lowest BCUT2D eigenvalue weighted by Crippen LogP contribution is -1.98. The molecule has 0 aliphatic carbocycles. The summed E-state index contributed by atoms with van der Waals surface area (Å²) in [6.07, 6.45) is 0. The number of halogens is 2. The fourth-order valence-electron chi connectivity index (χ4n) is 1.77. The van der Waals surface area contributed by atoms with E-state index in [1.807, 2.05) is 0 Å².